The minimum Gasteiger partial charge on any atom is -0.449 e. The fourth-order valence-electron chi connectivity index (χ4n) is 6.00. The maximum atomic E-state index is 12.3. The Morgan fingerprint density at radius 1 is 0.403 bits per heavy atom. The number of ether oxygens (including phenoxy) is 14. The molecule has 0 unspecified atom stereocenters. The molecule has 354 valence electrons. The molecule has 62 heavy (non-hydrogen) atoms. The van der Waals surface area contributed by atoms with Gasteiger partial charge in [-0.25, -0.2) is 4.79 Å². The van der Waals surface area contributed by atoms with E-state index in [-0.39, 0.29) is 5.92 Å². The summed E-state index contributed by atoms with van der Waals surface area (Å²) < 4.78 is 77.1. The van der Waals surface area contributed by atoms with Gasteiger partial charge >= 0.3 is 6.09 Å². The lowest BCUT2D eigenvalue weighted by Gasteiger charge is -2.14. The van der Waals surface area contributed by atoms with Crippen LogP contribution in [0.3, 0.4) is 0 Å². The van der Waals surface area contributed by atoms with Crippen molar-refractivity contribution in [1.29, 1.82) is 0 Å². The molecule has 0 bridgehead atoms. The van der Waals surface area contributed by atoms with Gasteiger partial charge in [-0.15, -0.1) is 0 Å². The summed E-state index contributed by atoms with van der Waals surface area (Å²) in [5, 5.41) is 2.81. The summed E-state index contributed by atoms with van der Waals surface area (Å²) in [6.45, 7) is 16.5. The molecule has 0 spiro atoms. The zero-order chi connectivity index (χ0) is 43.6. The second kappa shape index (κ2) is 39.8. The smallest absolute Gasteiger partial charge is 0.407 e. The number of fused-ring (bicyclic) bond motifs is 3. The standard InChI is InChI=1S/C46H75NO15/c1-2-3-14-49-16-18-51-20-22-53-24-26-55-28-30-57-32-34-59-36-38-61-39-37-60-35-33-58-31-29-56-27-25-54-23-21-52-19-17-50-15-8-13-47-46(48)62-40-45-43-11-6-4-9-41(43)42-10-5-7-12-44(42)45/h4-7,9-12,45H,2-3,8,13-40H2,1H3,(H,47,48). The van der Waals surface area contributed by atoms with E-state index in [2.05, 4.69) is 36.5 Å². The summed E-state index contributed by atoms with van der Waals surface area (Å²) in [5.41, 5.74) is 4.80. The van der Waals surface area contributed by atoms with E-state index < -0.39 is 6.09 Å². The Labute approximate surface area is 369 Å². The van der Waals surface area contributed by atoms with E-state index in [9.17, 15) is 4.79 Å². The number of hydrogen-bond donors (Lipinski definition) is 1. The van der Waals surface area contributed by atoms with Crippen LogP contribution in [0.4, 0.5) is 4.79 Å². The van der Waals surface area contributed by atoms with Gasteiger partial charge in [0.15, 0.2) is 0 Å². The molecule has 1 aliphatic rings. The molecule has 0 aliphatic heterocycles. The van der Waals surface area contributed by atoms with Crippen LogP contribution in [-0.2, 0) is 66.3 Å². The van der Waals surface area contributed by atoms with Crippen molar-refractivity contribution in [2.75, 3.05) is 185 Å². The minimum atomic E-state index is -0.416. The van der Waals surface area contributed by atoms with Crippen molar-refractivity contribution in [3.63, 3.8) is 0 Å². The van der Waals surface area contributed by atoms with Gasteiger partial charge in [0.05, 0.1) is 159 Å². The van der Waals surface area contributed by atoms with Crippen molar-refractivity contribution in [3.8, 4) is 11.1 Å². The number of hydrogen-bond acceptors (Lipinski definition) is 15. The Bertz CT molecular complexity index is 1280. The fourth-order valence-corrected chi connectivity index (χ4v) is 6.00. The van der Waals surface area contributed by atoms with Crippen LogP contribution >= 0.6 is 0 Å². The van der Waals surface area contributed by atoms with Crippen LogP contribution in [0.1, 0.15) is 43.2 Å². The quantitative estimate of drug-likeness (QED) is 0.0893. The predicted octanol–water partition coefficient (Wildman–Crippen LogP) is 4.93. The molecule has 2 aromatic rings. The topological polar surface area (TPSA) is 158 Å². The summed E-state index contributed by atoms with van der Waals surface area (Å²) in [6, 6.07) is 16.6. The van der Waals surface area contributed by atoms with Gasteiger partial charge in [-0.05, 0) is 35.1 Å². The van der Waals surface area contributed by atoms with Crippen molar-refractivity contribution in [3.05, 3.63) is 59.7 Å². The summed E-state index contributed by atoms with van der Waals surface area (Å²) in [7, 11) is 0. The molecule has 2 aromatic carbocycles. The van der Waals surface area contributed by atoms with Crippen molar-refractivity contribution in [2.45, 2.75) is 32.1 Å². The highest BCUT2D eigenvalue weighted by atomic mass is 16.6. The van der Waals surface area contributed by atoms with Crippen LogP contribution in [0, 0.1) is 0 Å². The Balaban J connectivity index is 0.911. The van der Waals surface area contributed by atoms with Gasteiger partial charge in [0, 0.05) is 25.7 Å². The monoisotopic (exact) mass is 882 g/mol. The van der Waals surface area contributed by atoms with E-state index in [1.54, 1.807) is 0 Å². The maximum Gasteiger partial charge on any atom is 0.407 e. The highest BCUT2D eigenvalue weighted by molar-refractivity contribution is 5.79. The third kappa shape index (κ3) is 27.4. The molecular weight excluding hydrogens is 806 g/mol. The Morgan fingerprint density at radius 2 is 0.677 bits per heavy atom. The highest BCUT2D eigenvalue weighted by Gasteiger charge is 2.29. The molecule has 1 aliphatic carbocycles. The van der Waals surface area contributed by atoms with Crippen LogP contribution in [-0.4, -0.2) is 191 Å². The fraction of sp³-hybridized carbons (Fsp3) is 0.717. The number of nitrogens with one attached hydrogen (secondary N) is 1. The first-order valence-corrected chi connectivity index (χ1v) is 22.4. The van der Waals surface area contributed by atoms with Gasteiger partial charge in [0.25, 0.3) is 0 Å². The molecule has 0 atom stereocenters. The molecule has 0 radical (unpaired) electrons. The minimum absolute atomic E-state index is 0.0474. The van der Waals surface area contributed by atoms with Crippen molar-refractivity contribution < 1.29 is 71.1 Å². The first-order chi connectivity index (χ1) is 30.8. The van der Waals surface area contributed by atoms with Crippen LogP contribution in [0.25, 0.3) is 11.1 Å². The number of amides is 1. The van der Waals surface area contributed by atoms with Crippen LogP contribution in [0.2, 0.25) is 0 Å². The lowest BCUT2D eigenvalue weighted by atomic mass is 9.98. The van der Waals surface area contributed by atoms with Crippen LogP contribution in [0.5, 0.6) is 0 Å². The first kappa shape index (κ1) is 53.5. The second-order valence-electron chi connectivity index (χ2n) is 13.9. The van der Waals surface area contributed by atoms with Gasteiger partial charge < -0.3 is 71.6 Å². The summed E-state index contributed by atoms with van der Waals surface area (Å²) in [6.07, 6.45) is 2.50. The number of unbranched alkanes of at least 4 members (excludes halogenated alkanes) is 1. The molecule has 0 heterocycles. The first-order valence-electron chi connectivity index (χ1n) is 22.4. The van der Waals surface area contributed by atoms with E-state index in [1.807, 2.05) is 24.3 Å². The average Bonchev–Trinajstić information content (AvgIpc) is 3.61. The number of rotatable bonds is 45. The lowest BCUT2D eigenvalue weighted by molar-refractivity contribution is -0.0290. The van der Waals surface area contributed by atoms with Gasteiger partial charge in [-0.2, -0.15) is 0 Å². The predicted molar refractivity (Wildman–Crippen MR) is 233 cm³/mol. The van der Waals surface area contributed by atoms with E-state index in [0.717, 1.165) is 19.4 Å². The van der Waals surface area contributed by atoms with Gasteiger partial charge in [-0.1, -0.05) is 61.9 Å². The number of benzene rings is 2. The maximum absolute atomic E-state index is 12.3. The molecule has 3 rings (SSSR count). The Morgan fingerprint density at radius 3 is 0.984 bits per heavy atom. The van der Waals surface area contributed by atoms with Gasteiger partial charge in [0.2, 0.25) is 0 Å². The largest absolute Gasteiger partial charge is 0.449 e. The van der Waals surface area contributed by atoms with E-state index >= 15 is 0 Å². The van der Waals surface area contributed by atoms with E-state index in [4.69, 9.17) is 66.3 Å². The second-order valence-corrected chi connectivity index (χ2v) is 13.9. The van der Waals surface area contributed by atoms with Crippen LogP contribution < -0.4 is 5.32 Å². The lowest BCUT2D eigenvalue weighted by Crippen LogP contribution is -2.27. The molecule has 0 saturated heterocycles. The van der Waals surface area contributed by atoms with E-state index in [0.29, 0.717) is 185 Å². The summed E-state index contributed by atoms with van der Waals surface area (Å²) in [4.78, 5) is 12.3. The molecule has 1 N–H and O–H groups in total. The van der Waals surface area contributed by atoms with E-state index in [1.165, 1.54) is 22.3 Å². The highest BCUT2D eigenvalue weighted by Crippen LogP contribution is 2.44. The van der Waals surface area contributed by atoms with Crippen molar-refractivity contribution >= 4 is 6.09 Å². The van der Waals surface area contributed by atoms with Gasteiger partial charge in [-0.3, -0.25) is 0 Å². The molecule has 16 heteroatoms. The third-order valence-corrected chi connectivity index (χ3v) is 9.18. The number of carbonyl (C=O) groups excluding carboxylic acids is 1. The third-order valence-electron chi connectivity index (χ3n) is 9.18. The number of carbonyl (C=O) groups is 1. The molecule has 0 aromatic heterocycles. The summed E-state index contributed by atoms with van der Waals surface area (Å²) >= 11 is 0. The average molecular weight is 882 g/mol. The molecule has 0 saturated carbocycles. The SMILES string of the molecule is CCCCOCCOCCOCCOCCOCCOCCOCCOCCOCCOCCOCCOCCOCCCNC(=O)OCC1c2ccccc2-c2ccccc21. The molecule has 0 fully saturated rings. The van der Waals surface area contributed by atoms with Crippen molar-refractivity contribution in [2.24, 2.45) is 0 Å². The molecular formula is C46H75NO15. The molecule has 16 nitrogen and oxygen atoms in total. The van der Waals surface area contributed by atoms with Gasteiger partial charge in [0.1, 0.15) is 6.61 Å². The Hall–Kier alpha value is -2.81. The zero-order valence-electron chi connectivity index (χ0n) is 37.2. The van der Waals surface area contributed by atoms with Crippen molar-refractivity contribution in [1.82, 2.24) is 5.32 Å². The molecule has 1 amide bonds. The summed E-state index contributed by atoms with van der Waals surface area (Å²) in [5.74, 6) is 0.0474. The number of alkyl carbamates (subject to hydrolysis) is 1. The normalized spacial score (nSPS) is 12.2. The zero-order valence-corrected chi connectivity index (χ0v) is 37.2. The van der Waals surface area contributed by atoms with Crippen LogP contribution in [0.15, 0.2) is 48.5 Å². The Kier molecular flexibility index (Phi) is 34.3.